The minimum absolute atomic E-state index is 0.0153. The fraction of sp³-hybridized carbons (Fsp3) is 0.400. The van der Waals surface area contributed by atoms with E-state index in [9.17, 15) is 0 Å². The van der Waals surface area contributed by atoms with Crippen LogP contribution in [0, 0.1) is 0 Å². The molecule has 1 aliphatic rings. The lowest BCUT2D eigenvalue weighted by molar-refractivity contribution is 0.414. The Morgan fingerprint density at radius 3 is 2.09 bits per heavy atom. The third-order valence-corrected chi connectivity index (χ3v) is 4.73. The Hall–Kier alpha value is -1.96. The van der Waals surface area contributed by atoms with Crippen LogP contribution in [0.25, 0.3) is 0 Å². The Morgan fingerprint density at radius 2 is 1.50 bits per heavy atom. The van der Waals surface area contributed by atoms with Crippen LogP contribution in [0.3, 0.4) is 0 Å². The molecule has 0 unspecified atom stereocenters. The first-order valence-corrected chi connectivity index (χ1v) is 7.84. The van der Waals surface area contributed by atoms with Crippen molar-refractivity contribution in [1.82, 2.24) is 0 Å². The van der Waals surface area contributed by atoms with Crippen molar-refractivity contribution in [2.75, 3.05) is 12.4 Å². The van der Waals surface area contributed by atoms with Gasteiger partial charge in [-0.15, -0.1) is 0 Å². The molecular weight excluding hydrogens is 270 g/mol. The van der Waals surface area contributed by atoms with E-state index in [-0.39, 0.29) is 10.8 Å². The maximum atomic E-state index is 5.37. The monoisotopic (exact) mass is 295 g/mol. The van der Waals surface area contributed by atoms with Crippen LogP contribution in [0.5, 0.6) is 5.75 Å². The summed E-state index contributed by atoms with van der Waals surface area (Å²) in [5.74, 6) is 0.887. The van der Waals surface area contributed by atoms with Crippen molar-refractivity contribution in [2.45, 2.75) is 45.4 Å². The van der Waals surface area contributed by atoms with Gasteiger partial charge in [-0.3, -0.25) is 0 Å². The Kier molecular flexibility index (Phi) is 3.24. The molecule has 0 amide bonds. The lowest BCUT2D eigenvalue weighted by Crippen LogP contribution is -2.26. The molecule has 1 N–H and O–H groups in total. The number of hydrogen-bond donors (Lipinski definition) is 1. The molecule has 0 aromatic heterocycles. The summed E-state index contributed by atoms with van der Waals surface area (Å²) >= 11 is 0. The van der Waals surface area contributed by atoms with E-state index in [4.69, 9.17) is 4.74 Å². The first-order chi connectivity index (χ1) is 10.2. The van der Waals surface area contributed by atoms with Crippen LogP contribution in [0.15, 0.2) is 36.4 Å². The summed E-state index contributed by atoms with van der Waals surface area (Å²) in [6, 6.07) is 13.1. The van der Waals surface area contributed by atoms with Crippen LogP contribution in [0.4, 0.5) is 11.4 Å². The lowest BCUT2D eigenvalue weighted by atomic mass is 9.73. The second-order valence-corrected chi connectivity index (χ2v) is 7.67. The van der Waals surface area contributed by atoms with E-state index in [1.54, 1.807) is 7.11 Å². The lowest BCUT2D eigenvalue weighted by Gasteiger charge is -2.36. The summed E-state index contributed by atoms with van der Waals surface area (Å²) in [7, 11) is 1.71. The maximum absolute atomic E-state index is 5.37. The summed E-state index contributed by atoms with van der Waals surface area (Å²) in [5, 5.41) is 3.60. The van der Waals surface area contributed by atoms with Gasteiger partial charge in [-0.05, 0) is 34.2 Å². The van der Waals surface area contributed by atoms with Crippen molar-refractivity contribution in [3.05, 3.63) is 53.1 Å². The predicted molar refractivity (Wildman–Crippen MR) is 93.5 cm³/mol. The number of hydrogen-bond acceptors (Lipinski definition) is 2. The van der Waals surface area contributed by atoms with Gasteiger partial charge >= 0.3 is 0 Å². The number of nitrogens with one attached hydrogen (secondary N) is 1. The zero-order chi connectivity index (χ0) is 16.1. The highest BCUT2D eigenvalue weighted by Crippen LogP contribution is 2.47. The fourth-order valence-corrected chi connectivity index (χ4v) is 3.25. The fourth-order valence-electron chi connectivity index (χ4n) is 3.25. The highest BCUT2D eigenvalue weighted by Gasteiger charge is 2.33. The van der Waals surface area contributed by atoms with Crippen molar-refractivity contribution in [3.63, 3.8) is 0 Å². The molecule has 2 heteroatoms. The third-order valence-electron chi connectivity index (χ3n) is 4.73. The van der Waals surface area contributed by atoms with E-state index in [1.807, 2.05) is 6.07 Å². The summed E-state index contributed by atoms with van der Waals surface area (Å²) < 4.78 is 5.37. The Balaban J connectivity index is 2.16. The number of rotatable bonds is 1. The number of benzene rings is 2. The van der Waals surface area contributed by atoms with Crippen molar-refractivity contribution < 1.29 is 4.74 Å². The van der Waals surface area contributed by atoms with Gasteiger partial charge in [0, 0.05) is 22.9 Å². The van der Waals surface area contributed by atoms with E-state index >= 15 is 0 Å². The van der Waals surface area contributed by atoms with Crippen molar-refractivity contribution in [2.24, 2.45) is 0 Å². The van der Waals surface area contributed by atoms with Crippen LogP contribution >= 0.6 is 0 Å². The van der Waals surface area contributed by atoms with Crippen molar-refractivity contribution in [1.29, 1.82) is 0 Å². The van der Waals surface area contributed by atoms with Crippen molar-refractivity contribution >= 4 is 11.4 Å². The first-order valence-electron chi connectivity index (χ1n) is 7.84. The third kappa shape index (κ3) is 2.27. The zero-order valence-electron chi connectivity index (χ0n) is 14.4. The molecule has 2 aromatic carbocycles. The van der Waals surface area contributed by atoms with E-state index in [0.29, 0.717) is 0 Å². The van der Waals surface area contributed by atoms with Crippen molar-refractivity contribution in [3.8, 4) is 5.75 Å². The van der Waals surface area contributed by atoms with Gasteiger partial charge in [0.15, 0.2) is 0 Å². The number of fused-ring (bicyclic) bond motifs is 2. The Labute approximate surface area is 133 Å². The minimum atomic E-state index is -0.0153. The van der Waals surface area contributed by atoms with Gasteiger partial charge in [0.05, 0.1) is 7.11 Å². The smallest absolute Gasteiger partial charge is 0.120 e. The number of methoxy groups -OCH3 is 1. The minimum Gasteiger partial charge on any atom is -0.497 e. The molecule has 1 heterocycles. The van der Waals surface area contributed by atoms with Crippen LogP contribution in [0.2, 0.25) is 0 Å². The molecule has 1 aliphatic heterocycles. The Bertz CT molecular complexity index is 723. The van der Waals surface area contributed by atoms with Crippen LogP contribution in [-0.2, 0) is 10.8 Å². The molecule has 0 saturated carbocycles. The molecule has 0 bridgehead atoms. The largest absolute Gasteiger partial charge is 0.497 e. The number of ether oxygens (including phenoxy) is 1. The Morgan fingerprint density at radius 1 is 0.909 bits per heavy atom. The molecule has 0 radical (unpaired) electrons. The van der Waals surface area contributed by atoms with Gasteiger partial charge in [-0.25, -0.2) is 0 Å². The van der Waals surface area contributed by atoms with E-state index in [2.05, 4.69) is 70.3 Å². The highest BCUT2D eigenvalue weighted by molar-refractivity contribution is 5.77. The van der Waals surface area contributed by atoms with Gasteiger partial charge in [0.25, 0.3) is 0 Å². The molecular formula is C20H25NO. The highest BCUT2D eigenvalue weighted by atomic mass is 16.5. The summed E-state index contributed by atoms with van der Waals surface area (Å²) in [5.41, 5.74) is 6.48. The molecule has 0 atom stereocenters. The SMILES string of the molecule is COc1ccc2c(c1)Nc1cc(C(C)(C)C)ccc1C2(C)C. The van der Waals surface area contributed by atoms with Crippen LogP contribution < -0.4 is 10.1 Å². The van der Waals surface area contributed by atoms with Gasteiger partial charge in [-0.1, -0.05) is 52.8 Å². The maximum Gasteiger partial charge on any atom is 0.120 e. The van der Waals surface area contributed by atoms with E-state index in [0.717, 1.165) is 11.4 Å². The van der Waals surface area contributed by atoms with Crippen LogP contribution in [0.1, 0.15) is 51.3 Å². The summed E-state index contributed by atoms with van der Waals surface area (Å²) in [4.78, 5) is 0. The number of anilines is 2. The predicted octanol–water partition coefficient (Wildman–Crippen LogP) is 5.38. The van der Waals surface area contributed by atoms with E-state index in [1.165, 1.54) is 22.4 Å². The van der Waals surface area contributed by atoms with Crippen LogP contribution in [-0.4, -0.2) is 7.11 Å². The second kappa shape index (κ2) is 4.77. The second-order valence-electron chi connectivity index (χ2n) is 7.67. The molecule has 0 spiro atoms. The van der Waals surface area contributed by atoms with Gasteiger partial charge < -0.3 is 10.1 Å². The first kappa shape index (κ1) is 15.0. The van der Waals surface area contributed by atoms with Gasteiger partial charge in [0.1, 0.15) is 5.75 Å². The average Bonchev–Trinajstić information content (AvgIpc) is 2.45. The molecule has 0 saturated heterocycles. The standard InChI is InChI=1S/C20H25NO/c1-19(2,3)13-7-9-15-17(11-13)21-18-12-14(22-6)8-10-16(18)20(15,4)5/h7-12,21H,1-6H3. The molecule has 2 aromatic rings. The van der Waals surface area contributed by atoms with Gasteiger partial charge in [-0.2, -0.15) is 0 Å². The molecule has 3 rings (SSSR count). The quantitative estimate of drug-likeness (QED) is 0.763. The molecule has 0 aliphatic carbocycles. The molecule has 2 nitrogen and oxygen atoms in total. The molecule has 22 heavy (non-hydrogen) atoms. The zero-order valence-corrected chi connectivity index (χ0v) is 14.4. The molecule has 116 valence electrons. The average molecular weight is 295 g/mol. The summed E-state index contributed by atoms with van der Waals surface area (Å²) in [6.07, 6.45) is 0. The van der Waals surface area contributed by atoms with E-state index < -0.39 is 0 Å². The van der Waals surface area contributed by atoms with Gasteiger partial charge in [0.2, 0.25) is 0 Å². The molecule has 0 fully saturated rings. The summed E-state index contributed by atoms with van der Waals surface area (Å²) in [6.45, 7) is 11.3. The normalized spacial score (nSPS) is 15.5. The topological polar surface area (TPSA) is 21.3 Å².